The molecule has 0 spiro atoms. The van der Waals surface area contributed by atoms with Crippen molar-refractivity contribution in [3.05, 3.63) is 22.9 Å². The van der Waals surface area contributed by atoms with Crippen LogP contribution in [0.1, 0.15) is 19.6 Å². The van der Waals surface area contributed by atoms with Gasteiger partial charge in [-0.2, -0.15) is 0 Å². The van der Waals surface area contributed by atoms with Crippen LogP contribution in [0.2, 0.25) is 0 Å². The third-order valence-electron chi connectivity index (χ3n) is 1.79. The molecule has 0 bridgehead atoms. The van der Waals surface area contributed by atoms with Crippen molar-refractivity contribution in [1.29, 1.82) is 0 Å². The number of aryl methyl sites for hydroxylation is 1. The number of nitrogens with zero attached hydrogens (tertiary/aromatic N) is 2. The second kappa shape index (κ2) is 4.08. The Balaban J connectivity index is 3.01. The Morgan fingerprint density at radius 2 is 2.29 bits per heavy atom. The van der Waals surface area contributed by atoms with Crippen molar-refractivity contribution in [3.63, 3.8) is 0 Å². The fourth-order valence-electron chi connectivity index (χ4n) is 1.13. The van der Waals surface area contributed by atoms with E-state index in [2.05, 4.69) is 0 Å². The van der Waals surface area contributed by atoms with E-state index >= 15 is 0 Å². The van der Waals surface area contributed by atoms with E-state index in [4.69, 9.17) is 5.11 Å². The molecular formula is C8H11FN2O3. The average Bonchev–Trinajstić information content (AvgIpc) is 2.48. The van der Waals surface area contributed by atoms with Gasteiger partial charge in [-0.25, -0.2) is 14.0 Å². The van der Waals surface area contributed by atoms with Gasteiger partial charge in [0, 0.05) is 18.9 Å². The molecule has 78 valence electrons. The molecule has 1 aromatic rings. The number of hydrogen-bond acceptors (Lipinski definition) is 2. The lowest BCUT2D eigenvalue weighted by Gasteiger charge is -2.02. The predicted molar refractivity (Wildman–Crippen MR) is 46.8 cm³/mol. The van der Waals surface area contributed by atoms with Crippen molar-refractivity contribution in [3.8, 4) is 0 Å². The third-order valence-corrected chi connectivity index (χ3v) is 1.79. The van der Waals surface area contributed by atoms with Gasteiger partial charge in [0.15, 0.2) is 0 Å². The Hall–Kier alpha value is -1.59. The number of alkyl halides is 1. The molecule has 1 atom stereocenters. The molecule has 1 rings (SSSR count). The molecule has 0 aromatic carbocycles. The Morgan fingerprint density at radius 1 is 1.64 bits per heavy atom. The summed E-state index contributed by atoms with van der Waals surface area (Å²) in [6.07, 6.45) is 0.937. The van der Waals surface area contributed by atoms with Gasteiger partial charge in [-0.15, -0.1) is 0 Å². The molecule has 1 heterocycles. The van der Waals surface area contributed by atoms with Crippen molar-refractivity contribution in [2.75, 3.05) is 0 Å². The summed E-state index contributed by atoms with van der Waals surface area (Å²) < 4.78 is 14.7. The molecule has 5 nitrogen and oxygen atoms in total. The van der Waals surface area contributed by atoms with Gasteiger partial charge < -0.3 is 5.11 Å². The van der Waals surface area contributed by atoms with Gasteiger partial charge in [-0.1, -0.05) is 6.92 Å². The molecule has 0 saturated carbocycles. The molecule has 1 N–H and O–H groups in total. The SMILES string of the molecule is CCCn1ccn(C(F)C(=O)O)c1=O. The molecule has 0 aliphatic rings. The number of carboxylic acid groups (broad SMARTS) is 1. The minimum absolute atomic E-state index is 0.457. The first kappa shape index (κ1) is 10.5. The van der Waals surface area contributed by atoms with Gasteiger partial charge in [-0.05, 0) is 6.42 Å². The first-order valence-electron chi connectivity index (χ1n) is 4.22. The second-order valence-electron chi connectivity index (χ2n) is 2.86. The number of imidazole rings is 1. The van der Waals surface area contributed by atoms with Gasteiger partial charge in [-0.3, -0.25) is 9.13 Å². The molecular weight excluding hydrogens is 191 g/mol. The molecule has 14 heavy (non-hydrogen) atoms. The summed E-state index contributed by atoms with van der Waals surface area (Å²) in [5.41, 5.74) is -0.637. The minimum atomic E-state index is -2.30. The van der Waals surface area contributed by atoms with Gasteiger partial charge in [0.05, 0.1) is 0 Å². The monoisotopic (exact) mass is 202 g/mol. The Kier molecular flexibility index (Phi) is 3.06. The van der Waals surface area contributed by atoms with Crippen LogP contribution in [0.5, 0.6) is 0 Å². The third kappa shape index (κ3) is 1.84. The molecule has 0 aliphatic heterocycles. The van der Waals surface area contributed by atoms with Crippen LogP contribution in [0.15, 0.2) is 17.2 Å². The van der Waals surface area contributed by atoms with Crippen molar-refractivity contribution in [1.82, 2.24) is 9.13 Å². The fourth-order valence-corrected chi connectivity index (χ4v) is 1.13. The maximum absolute atomic E-state index is 12.9. The number of halogens is 1. The Labute approximate surface area is 79.4 Å². The summed E-state index contributed by atoms with van der Waals surface area (Å²) in [6.45, 7) is 2.33. The Bertz CT molecular complexity index is 382. The van der Waals surface area contributed by atoms with E-state index in [-0.39, 0.29) is 0 Å². The topological polar surface area (TPSA) is 64.2 Å². The van der Waals surface area contributed by atoms with Crippen LogP contribution in [0.25, 0.3) is 0 Å². The van der Waals surface area contributed by atoms with E-state index in [9.17, 15) is 14.0 Å². The van der Waals surface area contributed by atoms with Gasteiger partial charge >= 0.3 is 11.7 Å². The number of aromatic nitrogens is 2. The number of carboxylic acids is 1. The lowest BCUT2D eigenvalue weighted by atomic mass is 10.5. The molecule has 6 heteroatoms. The molecule has 0 aliphatic carbocycles. The highest BCUT2D eigenvalue weighted by molar-refractivity contribution is 5.70. The lowest BCUT2D eigenvalue weighted by Crippen LogP contribution is -2.28. The summed E-state index contributed by atoms with van der Waals surface area (Å²) in [5, 5.41) is 8.36. The molecule has 0 saturated heterocycles. The standard InChI is InChI=1S/C8H11FN2O3/c1-2-3-10-4-5-11(8(10)14)6(9)7(12)13/h4-6H,2-3H2,1H3,(H,12,13). The van der Waals surface area contributed by atoms with E-state index in [0.29, 0.717) is 11.1 Å². The zero-order valence-electron chi connectivity index (χ0n) is 7.68. The highest BCUT2D eigenvalue weighted by Crippen LogP contribution is 2.04. The molecule has 0 fully saturated rings. The summed E-state index contributed by atoms with van der Waals surface area (Å²) in [5.74, 6) is -1.67. The second-order valence-corrected chi connectivity index (χ2v) is 2.86. The summed E-state index contributed by atoms with van der Waals surface area (Å²) >= 11 is 0. The van der Waals surface area contributed by atoms with Crippen molar-refractivity contribution < 1.29 is 14.3 Å². The van der Waals surface area contributed by atoms with E-state index in [1.165, 1.54) is 10.8 Å². The summed E-state index contributed by atoms with van der Waals surface area (Å²) in [6, 6.07) is 0. The van der Waals surface area contributed by atoms with E-state index in [1.807, 2.05) is 6.92 Å². The zero-order chi connectivity index (χ0) is 10.7. The quantitative estimate of drug-likeness (QED) is 0.778. The van der Waals surface area contributed by atoms with Crippen LogP contribution in [0, 0.1) is 0 Å². The first-order chi connectivity index (χ1) is 6.57. The molecule has 0 amide bonds. The number of carbonyl (C=O) groups is 1. The average molecular weight is 202 g/mol. The van der Waals surface area contributed by atoms with E-state index < -0.39 is 18.0 Å². The summed E-state index contributed by atoms with van der Waals surface area (Å²) in [4.78, 5) is 21.6. The number of rotatable bonds is 4. The largest absolute Gasteiger partial charge is 0.478 e. The smallest absolute Gasteiger partial charge is 0.360 e. The highest BCUT2D eigenvalue weighted by Gasteiger charge is 2.20. The summed E-state index contributed by atoms with van der Waals surface area (Å²) in [7, 11) is 0. The van der Waals surface area contributed by atoms with Crippen molar-refractivity contribution >= 4 is 5.97 Å². The van der Waals surface area contributed by atoms with Crippen LogP contribution in [-0.4, -0.2) is 20.2 Å². The van der Waals surface area contributed by atoms with Gasteiger partial charge in [0.25, 0.3) is 6.30 Å². The zero-order valence-corrected chi connectivity index (χ0v) is 7.68. The number of hydrogen-bond donors (Lipinski definition) is 1. The van der Waals surface area contributed by atoms with Crippen LogP contribution < -0.4 is 5.69 Å². The highest BCUT2D eigenvalue weighted by atomic mass is 19.1. The lowest BCUT2D eigenvalue weighted by molar-refractivity contribution is -0.146. The predicted octanol–water partition coefficient (Wildman–Crippen LogP) is 0.612. The normalized spacial score (nSPS) is 12.7. The van der Waals surface area contributed by atoms with E-state index in [0.717, 1.165) is 12.6 Å². The molecule has 1 aromatic heterocycles. The maximum Gasteiger partial charge on any atom is 0.360 e. The molecule has 1 unspecified atom stereocenters. The first-order valence-corrected chi connectivity index (χ1v) is 4.22. The van der Waals surface area contributed by atoms with Crippen LogP contribution in [-0.2, 0) is 11.3 Å². The Morgan fingerprint density at radius 3 is 2.79 bits per heavy atom. The molecule has 0 radical (unpaired) electrons. The van der Waals surface area contributed by atoms with Crippen LogP contribution in [0.4, 0.5) is 4.39 Å². The van der Waals surface area contributed by atoms with E-state index in [1.54, 1.807) is 0 Å². The van der Waals surface area contributed by atoms with Crippen molar-refractivity contribution in [2.24, 2.45) is 0 Å². The minimum Gasteiger partial charge on any atom is -0.478 e. The maximum atomic E-state index is 12.9. The van der Waals surface area contributed by atoms with Crippen LogP contribution in [0.3, 0.4) is 0 Å². The van der Waals surface area contributed by atoms with Crippen LogP contribution >= 0.6 is 0 Å². The number of aliphatic carboxylic acids is 1. The van der Waals surface area contributed by atoms with Gasteiger partial charge in [0.2, 0.25) is 0 Å². The van der Waals surface area contributed by atoms with Crippen molar-refractivity contribution in [2.45, 2.75) is 26.2 Å². The van der Waals surface area contributed by atoms with Gasteiger partial charge in [0.1, 0.15) is 0 Å². The fraction of sp³-hybridized carbons (Fsp3) is 0.500.